The number of nitrogens with one attached hydrogen (secondary N) is 1. The van der Waals surface area contributed by atoms with Crippen molar-refractivity contribution < 1.29 is 17.9 Å². The average molecular weight is 498 g/mol. The van der Waals surface area contributed by atoms with Crippen molar-refractivity contribution in [3.05, 3.63) is 59.7 Å². The molecule has 0 spiro atoms. The Kier molecular flexibility index (Phi) is 6.50. The van der Waals surface area contributed by atoms with Crippen LogP contribution in [0.3, 0.4) is 0 Å². The molecule has 0 bridgehead atoms. The van der Waals surface area contributed by atoms with Crippen LogP contribution in [0.15, 0.2) is 48.5 Å². The fraction of sp³-hybridized carbons (Fsp3) is 0.320. The molecule has 1 fully saturated rings. The zero-order valence-electron chi connectivity index (χ0n) is 19.7. The highest BCUT2D eigenvalue weighted by Crippen LogP contribution is 2.34. The van der Waals surface area contributed by atoms with E-state index in [-0.39, 0.29) is 5.82 Å². The molecule has 0 radical (unpaired) electrons. The number of hydrogen-bond donors (Lipinski definition) is 2. The topological polar surface area (TPSA) is 94.1 Å². The molecule has 3 heterocycles. The van der Waals surface area contributed by atoms with Crippen molar-refractivity contribution in [3.8, 4) is 16.9 Å². The van der Waals surface area contributed by atoms with Gasteiger partial charge in [-0.05, 0) is 37.3 Å². The van der Waals surface area contributed by atoms with E-state index in [1.54, 1.807) is 0 Å². The second-order valence-corrected chi connectivity index (χ2v) is 8.69. The molecule has 0 aliphatic carbocycles. The van der Waals surface area contributed by atoms with Crippen LogP contribution in [0.1, 0.15) is 11.1 Å². The lowest BCUT2D eigenvalue weighted by Crippen LogP contribution is -2.39. The zero-order valence-corrected chi connectivity index (χ0v) is 19.7. The number of nitrogens with zero attached hydrogens (tertiary/aromatic N) is 5. The number of benzene rings is 2. The van der Waals surface area contributed by atoms with E-state index in [0.29, 0.717) is 34.9 Å². The van der Waals surface area contributed by atoms with Gasteiger partial charge in [-0.2, -0.15) is 18.2 Å². The van der Waals surface area contributed by atoms with Crippen molar-refractivity contribution in [2.24, 2.45) is 0 Å². The predicted octanol–water partition coefficient (Wildman–Crippen LogP) is 4.14. The Morgan fingerprint density at radius 1 is 1.06 bits per heavy atom. The van der Waals surface area contributed by atoms with Crippen LogP contribution in [0.25, 0.3) is 28.0 Å². The van der Waals surface area contributed by atoms with E-state index in [9.17, 15) is 13.2 Å². The van der Waals surface area contributed by atoms with Crippen LogP contribution in [0.2, 0.25) is 0 Å². The van der Waals surface area contributed by atoms with Crippen molar-refractivity contribution in [1.29, 1.82) is 0 Å². The molecule has 3 N–H and O–H groups in total. The molecule has 11 heteroatoms. The minimum absolute atomic E-state index is 0.251. The van der Waals surface area contributed by atoms with E-state index in [1.807, 2.05) is 31.2 Å². The van der Waals surface area contributed by atoms with Crippen LogP contribution in [-0.2, 0) is 10.9 Å². The number of aryl methyl sites for hydroxylation is 1. The first-order chi connectivity index (χ1) is 17.3. The Bertz CT molecular complexity index is 1360. The monoisotopic (exact) mass is 497 g/mol. The number of nitrogen functional groups attached to an aromatic ring is 1. The molecule has 0 unspecified atom stereocenters. The van der Waals surface area contributed by atoms with Gasteiger partial charge in [0.05, 0.1) is 35.5 Å². The van der Waals surface area contributed by atoms with Crippen LogP contribution in [0.4, 0.5) is 24.9 Å². The summed E-state index contributed by atoms with van der Waals surface area (Å²) in [6.07, 6.45) is -4.43. The van der Waals surface area contributed by atoms with Crippen molar-refractivity contribution in [3.63, 3.8) is 0 Å². The number of hydrogen-bond acceptors (Lipinski definition) is 7. The van der Waals surface area contributed by atoms with E-state index < -0.39 is 11.7 Å². The smallest absolute Gasteiger partial charge is 0.383 e. The molecule has 5 rings (SSSR count). The third-order valence-corrected chi connectivity index (χ3v) is 6.11. The number of nitrogens with two attached hydrogens (primary N) is 1. The molecule has 8 nitrogen and oxygen atoms in total. The second-order valence-electron chi connectivity index (χ2n) is 8.69. The van der Waals surface area contributed by atoms with E-state index in [0.717, 1.165) is 56.1 Å². The summed E-state index contributed by atoms with van der Waals surface area (Å²) in [4.78, 5) is 11.6. The van der Waals surface area contributed by atoms with Gasteiger partial charge in [-0.3, -0.25) is 4.90 Å². The SMILES string of the molecule is Cc1cccc(-c2nc(NCCN3CCOCC3)nc3nn(-c4ccc(C(F)(F)F)cc4)c(N)c23)c1. The minimum Gasteiger partial charge on any atom is -0.383 e. The van der Waals surface area contributed by atoms with Crippen LogP contribution >= 0.6 is 0 Å². The van der Waals surface area contributed by atoms with Crippen molar-refractivity contribution in [1.82, 2.24) is 24.6 Å². The summed E-state index contributed by atoms with van der Waals surface area (Å²) in [6, 6.07) is 12.5. The predicted molar refractivity (Wildman–Crippen MR) is 132 cm³/mol. The third kappa shape index (κ3) is 4.98. The Hall–Kier alpha value is -3.70. The molecule has 4 aromatic rings. The molecule has 1 aliphatic rings. The van der Waals surface area contributed by atoms with Crippen molar-refractivity contribution in [2.45, 2.75) is 13.1 Å². The van der Waals surface area contributed by atoms with Gasteiger partial charge in [0.15, 0.2) is 5.65 Å². The summed E-state index contributed by atoms with van der Waals surface area (Å²) in [5.74, 6) is 0.658. The van der Waals surface area contributed by atoms with Crippen LogP contribution < -0.4 is 11.1 Å². The Labute approximate surface area is 205 Å². The number of rotatable bonds is 6. The summed E-state index contributed by atoms with van der Waals surface area (Å²) < 4.78 is 45.9. The van der Waals surface area contributed by atoms with Gasteiger partial charge in [-0.15, -0.1) is 5.10 Å². The largest absolute Gasteiger partial charge is 0.416 e. The molecule has 1 aliphatic heterocycles. The lowest BCUT2D eigenvalue weighted by Gasteiger charge is -2.26. The standard InChI is InChI=1S/C25H26F3N7O/c1-16-3-2-4-17(15-16)21-20-22(29)35(19-7-5-18(6-8-19)25(26,27)28)33-23(20)32-24(31-21)30-9-10-34-11-13-36-14-12-34/h2-8,15H,9-14,29H2,1H3,(H,30,32,33). The van der Waals surface area contributed by atoms with Gasteiger partial charge in [0.2, 0.25) is 5.95 Å². The highest BCUT2D eigenvalue weighted by atomic mass is 19.4. The summed E-state index contributed by atoms with van der Waals surface area (Å²) in [7, 11) is 0. The van der Waals surface area contributed by atoms with Gasteiger partial charge in [-0.1, -0.05) is 23.8 Å². The number of alkyl halides is 3. The molecule has 36 heavy (non-hydrogen) atoms. The van der Waals surface area contributed by atoms with E-state index in [1.165, 1.54) is 16.8 Å². The summed E-state index contributed by atoms with van der Waals surface area (Å²) in [5.41, 5.74) is 8.99. The van der Waals surface area contributed by atoms with Gasteiger partial charge < -0.3 is 15.8 Å². The minimum atomic E-state index is -4.43. The Morgan fingerprint density at radius 2 is 1.81 bits per heavy atom. The number of aromatic nitrogens is 4. The van der Waals surface area contributed by atoms with Gasteiger partial charge in [0.1, 0.15) is 5.82 Å². The van der Waals surface area contributed by atoms with Crippen LogP contribution in [-0.4, -0.2) is 64.0 Å². The number of fused-ring (bicyclic) bond motifs is 1. The molecule has 1 saturated heterocycles. The lowest BCUT2D eigenvalue weighted by molar-refractivity contribution is -0.137. The molecule has 2 aromatic carbocycles. The fourth-order valence-corrected chi connectivity index (χ4v) is 4.23. The van der Waals surface area contributed by atoms with Crippen molar-refractivity contribution >= 4 is 22.8 Å². The molecule has 0 saturated carbocycles. The molecule has 2 aromatic heterocycles. The summed E-state index contributed by atoms with van der Waals surface area (Å²) >= 11 is 0. The third-order valence-electron chi connectivity index (χ3n) is 6.11. The molecular weight excluding hydrogens is 471 g/mol. The van der Waals surface area contributed by atoms with Gasteiger partial charge in [0, 0.05) is 31.7 Å². The summed E-state index contributed by atoms with van der Waals surface area (Å²) in [5, 5.41) is 8.36. The van der Waals surface area contributed by atoms with Gasteiger partial charge in [-0.25, -0.2) is 9.67 Å². The number of halogens is 3. The second kappa shape index (κ2) is 9.75. The Balaban J connectivity index is 1.53. The van der Waals surface area contributed by atoms with E-state index in [2.05, 4.69) is 20.3 Å². The maximum absolute atomic E-state index is 13.0. The number of morpholine rings is 1. The number of anilines is 2. The Morgan fingerprint density at radius 3 is 2.50 bits per heavy atom. The first-order valence-electron chi connectivity index (χ1n) is 11.6. The lowest BCUT2D eigenvalue weighted by atomic mass is 10.1. The average Bonchev–Trinajstić information content (AvgIpc) is 3.20. The maximum atomic E-state index is 13.0. The van der Waals surface area contributed by atoms with E-state index >= 15 is 0 Å². The van der Waals surface area contributed by atoms with Gasteiger partial charge in [0.25, 0.3) is 0 Å². The summed E-state index contributed by atoms with van der Waals surface area (Å²) in [6.45, 7) is 6.63. The first-order valence-corrected chi connectivity index (χ1v) is 11.6. The molecule has 188 valence electrons. The van der Waals surface area contributed by atoms with Crippen LogP contribution in [0, 0.1) is 6.92 Å². The normalized spacial score (nSPS) is 14.9. The first kappa shape index (κ1) is 24.0. The number of ether oxygens (including phenoxy) is 1. The maximum Gasteiger partial charge on any atom is 0.416 e. The highest BCUT2D eigenvalue weighted by Gasteiger charge is 2.30. The molecular formula is C25H26F3N7O. The zero-order chi connectivity index (χ0) is 25.3. The van der Waals surface area contributed by atoms with Crippen molar-refractivity contribution in [2.75, 3.05) is 50.4 Å². The quantitative estimate of drug-likeness (QED) is 0.414. The highest BCUT2D eigenvalue weighted by molar-refractivity contribution is 5.99. The van der Waals surface area contributed by atoms with Crippen LogP contribution in [0.5, 0.6) is 0 Å². The molecule has 0 amide bonds. The fourth-order valence-electron chi connectivity index (χ4n) is 4.23. The van der Waals surface area contributed by atoms with Gasteiger partial charge >= 0.3 is 6.18 Å². The molecule has 0 atom stereocenters. The van der Waals surface area contributed by atoms with E-state index in [4.69, 9.17) is 15.5 Å².